The number of hydrogen-bond acceptors (Lipinski definition) is 3. The van der Waals surface area contributed by atoms with Crippen LogP contribution in [0.5, 0.6) is 0 Å². The molecule has 1 fully saturated rings. The topological polar surface area (TPSA) is 24.5 Å². The van der Waals surface area contributed by atoms with Crippen LogP contribution in [-0.2, 0) is 4.74 Å². The molecule has 1 unspecified atom stereocenters. The van der Waals surface area contributed by atoms with Gasteiger partial charge in [-0.25, -0.2) is 0 Å². The van der Waals surface area contributed by atoms with E-state index in [1.165, 1.54) is 38.9 Å². The van der Waals surface area contributed by atoms with Gasteiger partial charge in [0.05, 0.1) is 6.10 Å². The van der Waals surface area contributed by atoms with Crippen molar-refractivity contribution in [2.75, 3.05) is 39.3 Å². The molecule has 1 heterocycles. The van der Waals surface area contributed by atoms with E-state index in [1.54, 1.807) is 0 Å². The molecule has 3 heteroatoms. The lowest BCUT2D eigenvalue weighted by atomic mass is 10.1. The molecule has 0 spiro atoms. The summed E-state index contributed by atoms with van der Waals surface area (Å²) in [6.45, 7) is 11.2. The molecule has 1 N–H and O–H groups in total. The van der Waals surface area contributed by atoms with Crippen LogP contribution < -0.4 is 5.32 Å². The predicted molar refractivity (Wildman–Crippen MR) is 73.5 cm³/mol. The lowest BCUT2D eigenvalue weighted by Gasteiger charge is -2.26. The first-order valence-electron chi connectivity index (χ1n) is 7.37. The molecule has 1 aliphatic heterocycles. The first-order valence-corrected chi connectivity index (χ1v) is 7.37. The van der Waals surface area contributed by atoms with Crippen LogP contribution in [0.15, 0.2) is 0 Å². The monoisotopic (exact) mass is 242 g/mol. The number of ether oxygens (including phenoxy) is 1. The highest BCUT2D eigenvalue weighted by Crippen LogP contribution is 2.07. The molecular weight excluding hydrogens is 212 g/mol. The van der Waals surface area contributed by atoms with E-state index in [1.807, 2.05) is 0 Å². The number of hydrogen-bond donors (Lipinski definition) is 1. The average Bonchev–Trinajstić information content (AvgIpc) is 2.38. The molecule has 1 atom stereocenters. The van der Waals surface area contributed by atoms with Crippen LogP contribution in [0.25, 0.3) is 0 Å². The largest absolute Gasteiger partial charge is 0.378 e. The molecule has 17 heavy (non-hydrogen) atoms. The van der Waals surface area contributed by atoms with Crippen LogP contribution in [-0.4, -0.2) is 50.3 Å². The van der Waals surface area contributed by atoms with Crippen LogP contribution in [0.2, 0.25) is 0 Å². The summed E-state index contributed by atoms with van der Waals surface area (Å²) in [6.07, 6.45) is 6.87. The quantitative estimate of drug-likeness (QED) is 0.628. The van der Waals surface area contributed by atoms with Crippen molar-refractivity contribution in [3.05, 3.63) is 0 Å². The molecule has 0 radical (unpaired) electrons. The number of nitrogens with one attached hydrogen (secondary N) is 1. The Hall–Kier alpha value is -0.120. The van der Waals surface area contributed by atoms with Gasteiger partial charge < -0.3 is 15.0 Å². The highest BCUT2D eigenvalue weighted by molar-refractivity contribution is 4.65. The summed E-state index contributed by atoms with van der Waals surface area (Å²) in [4.78, 5) is 2.58. The zero-order chi connectivity index (χ0) is 12.3. The second-order valence-corrected chi connectivity index (χ2v) is 5.10. The van der Waals surface area contributed by atoms with Gasteiger partial charge in [-0.05, 0) is 52.2 Å². The second kappa shape index (κ2) is 9.86. The van der Waals surface area contributed by atoms with E-state index < -0.39 is 0 Å². The molecular formula is C14H30N2O. The van der Waals surface area contributed by atoms with Crippen molar-refractivity contribution in [2.24, 2.45) is 0 Å². The fourth-order valence-corrected chi connectivity index (χ4v) is 2.14. The molecule has 0 aromatic rings. The van der Waals surface area contributed by atoms with Crippen LogP contribution in [0.1, 0.15) is 46.0 Å². The van der Waals surface area contributed by atoms with Gasteiger partial charge in [0.25, 0.3) is 0 Å². The van der Waals surface area contributed by atoms with E-state index in [4.69, 9.17) is 4.74 Å². The number of rotatable bonds is 9. The van der Waals surface area contributed by atoms with Crippen molar-refractivity contribution in [3.63, 3.8) is 0 Å². The Balaban J connectivity index is 1.80. The van der Waals surface area contributed by atoms with Crippen LogP contribution in [0.3, 0.4) is 0 Å². The molecule has 0 aromatic carbocycles. The van der Waals surface area contributed by atoms with Crippen molar-refractivity contribution < 1.29 is 4.74 Å². The lowest BCUT2D eigenvalue weighted by molar-refractivity contribution is 0.0620. The van der Waals surface area contributed by atoms with Gasteiger partial charge in [-0.2, -0.15) is 0 Å². The van der Waals surface area contributed by atoms with Gasteiger partial charge in [-0.3, -0.25) is 0 Å². The summed E-state index contributed by atoms with van der Waals surface area (Å²) in [6, 6.07) is 0. The minimum absolute atomic E-state index is 0.420. The van der Waals surface area contributed by atoms with Crippen molar-refractivity contribution in [3.8, 4) is 0 Å². The summed E-state index contributed by atoms with van der Waals surface area (Å²) in [5.41, 5.74) is 0. The Morgan fingerprint density at radius 3 is 2.65 bits per heavy atom. The van der Waals surface area contributed by atoms with Gasteiger partial charge in [0.1, 0.15) is 0 Å². The summed E-state index contributed by atoms with van der Waals surface area (Å²) >= 11 is 0. The highest BCUT2D eigenvalue weighted by Gasteiger charge is 2.08. The first-order chi connectivity index (χ1) is 8.33. The van der Waals surface area contributed by atoms with Crippen LogP contribution in [0.4, 0.5) is 0 Å². The average molecular weight is 242 g/mol. The molecule has 0 amide bonds. The van der Waals surface area contributed by atoms with E-state index >= 15 is 0 Å². The molecule has 0 aliphatic carbocycles. The first kappa shape index (κ1) is 14.9. The van der Waals surface area contributed by atoms with Gasteiger partial charge in [0.15, 0.2) is 0 Å². The molecule has 0 saturated carbocycles. The zero-order valence-corrected chi connectivity index (χ0v) is 11.7. The van der Waals surface area contributed by atoms with Gasteiger partial charge >= 0.3 is 0 Å². The van der Waals surface area contributed by atoms with Crippen LogP contribution in [0, 0.1) is 0 Å². The summed E-state index contributed by atoms with van der Waals surface area (Å²) in [5.74, 6) is 0. The Kier molecular flexibility index (Phi) is 8.67. The molecule has 1 aliphatic rings. The Bertz CT molecular complexity index is 170. The Labute approximate surface area is 107 Å². The standard InChI is InChI=1S/C14H30N2O/c1-3-14(2)17-13-7-8-15-9-12-16-10-5-4-6-11-16/h14-15H,3-13H2,1-2H3. The number of piperidine rings is 1. The third-order valence-corrected chi connectivity index (χ3v) is 3.53. The maximum Gasteiger partial charge on any atom is 0.0544 e. The fraction of sp³-hybridized carbons (Fsp3) is 1.00. The maximum absolute atomic E-state index is 5.64. The number of nitrogens with zero attached hydrogens (tertiary/aromatic N) is 1. The molecule has 3 nitrogen and oxygen atoms in total. The Morgan fingerprint density at radius 2 is 1.94 bits per heavy atom. The maximum atomic E-state index is 5.64. The lowest BCUT2D eigenvalue weighted by Crippen LogP contribution is -2.36. The van der Waals surface area contributed by atoms with Crippen LogP contribution >= 0.6 is 0 Å². The van der Waals surface area contributed by atoms with Gasteiger partial charge in [0.2, 0.25) is 0 Å². The SMILES string of the molecule is CCC(C)OCCCNCCN1CCCCC1. The van der Waals surface area contributed by atoms with E-state index in [9.17, 15) is 0 Å². The fourth-order valence-electron chi connectivity index (χ4n) is 2.14. The molecule has 102 valence electrons. The molecule has 1 rings (SSSR count). The molecule has 0 bridgehead atoms. The van der Waals surface area contributed by atoms with Gasteiger partial charge in [-0.1, -0.05) is 13.3 Å². The van der Waals surface area contributed by atoms with Crippen molar-refractivity contribution >= 4 is 0 Å². The van der Waals surface area contributed by atoms with Crippen molar-refractivity contribution in [1.29, 1.82) is 0 Å². The van der Waals surface area contributed by atoms with E-state index in [0.29, 0.717) is 6.10 Å². The van der Waals surface area contributed by atoms with Gasteiger partial charge in [0, 0.05) is 19.7 Å². The Morgan fingerprint density at radius 1 is 1.18 bits per heavy atom. The van der Waals surface area contributed by atoms with E-state index in [2.05, 4.69) is 24.1 Å². The summed E-state index contributed by atoms with van der Waals surface area (Å²) in [7, 11) is 0. The minimum atomic E-state index is 0.420. The van der Waals surface area contributed by atoms with E-state index in [0.717, 1.165) is 32.5 Å². The zero-order valence-electron chi connectivity index (χ0n) is 11.7. The number of likely N-dealkylation sites (tertiary alicyclic amines) is 1. The predicted octanol–water partition coefficient (Wildman–Crippen LogP) is 2.27. The van der Waals surface area contributed by atoms with Crippen molar-refractivity contribution in [2.45, 2.75) is 52.1 Å². The third kappa shape index (κ3) is 7.74. The normalized spacial score (nSPS) is 19.4. The smallest absolute Gasteiger partial charge is 0.0544 e. The third-order valence-electron chi connectivity index (χ3n) is 3.53. The summed E-state index contributed by atoms with van der Waals surface area (Å²) in [5, 5.41) is 3.50. The minimum Gasteiger partial charge on any atom is -0.378 e. The summed E-state index contributed by atoms with van der Waals surface area (Å²) < 4.78 is 5.64. The molecule has 0 aromatic heterocycles. The molecule has 1 saturated heterocycles. The second-order valence-electron chi connectivity index (χ2n) is 5.10. The van der Waals surface area contributed by atoms with Gasteiger partial charge in [-0.15, -0.1) is 0 Å². The highest BCUT2D eigenvalue weighted by atomic mass is 16.5. The van der Waals surface area contributed by atoms with Crippen molar-refractivity contribution in [1.82, 2.24) is 10.2 Å². The van der Waals surface area contributed by atoms with E-state index in [-0.39, 0.29) is 0 Å².